The third-order valence-corrected chi connectivity index (χ3v) is 1.91. The maximum atomic E-state index is 11.8. The van der Waals surface area contributed by atoms with Crippen molar-refractivity contribution < 1.29 is 17.9 Å². The van der Waals surface area contributed by atoms with E-state index in [1.807, 2.05) is 0 Å². The van der Waals surface area contributed by atoms with E-state index in [0.717, 1.165) is 0 Å². The summed E-state index contributed by atoms with van der Waals surface area (Å²) >= 11 is 0. The van der Waals surface area contributed by atoms with E-state index in [1.165, 1.54) is 0 Å². The monoisotopic (exact) mass is 264 g/mol. The number of alkyl halides is 3. The van der Waals surface area contributed by atoms with Crippen LogP contribution in [0.5, 0.6) is 0 Å². The van der Waals surface area contributed by atoms with Crippen LogP contribution in [-0.4, -0.2) is 43.0 Å². The average Bonchev–Trinajstić information content (AvgIpc) is 2.26. The van der Waals surface area contributed by atoms with Gasteiger partial charge in [0.05, 0.1) is 6.61 Å². The Hall–Kier alpha value is -1.57. The molecule has 1 aromatic heterocycles. The molecule has 0 amide bonds. The van der Waals surface area contributed by atoms with Gasteiger partial charge >= 0.3 is 6.18 Å². The number of rotatable bonds is 6. The summed E-state index contributed by atoms with van der Waals surface area (Å²) in [5.74, 6) is 1.75. The first kappa shape index (κ1) is 14.5. The van der Waals surface area contributed by atoms with Gasteiger partial charge < -0.3 is 15.4 Å². The fourth-order valence-corrected chi connectivity index (χ4v) is 1.23. The highest BCUT2D eigenvalue weighted by molar-refractivity contribution is 5.46. The summed E-state index contributed by atoms with van der Waals surface area (Å²) < 4.78 is 39.8. The average molecular weight is 264 g/mol. The Morgan fingerprint density at radius 1 is 1.28 bits per heavy atom. The number of hydrogen-bond acceptors (Lipinski definition) is 5. The van der Waals surface area contributed by atoms with Crippen LogP contribution in [0.15, 0.2) is 6.07 Å². The molecule has 2 N–H and O–H groups in total. The van der Waals surface area contributed by atoms with E-state index in [2.05, 4.69) is 25.3 Å². The zero-order chi connectivity index (χ0) is 13.6. The van der Waals surface area contributed by atoms with Crippen LogP contribution in [0.1, 0.15) is 5.82 Å². The standard InChI is InChI=1S/C10H15F3N4O/c1-7-16-8(14-2)5-9(17-7)15-3-4-18-6-10(11,12)13/h5H,3-4,6H2,1-2H3,(H2,14,15,16,17). The van der Waals surface area contributed by atoms with Crippen molar-refractivity contribution in [3.8, 4) is 0 Å². The minimum atomic E-state index is -4.29. The van der Waals surface area contributed by atoms with Crippen LogP contribution in [0.2, 0.25) is 0 Å². The van der Waals surface area contributed by atoms with Gasteiger partial charge in [0.25, 0.3) is 0 Å². The Bertz CT molecular complexity index is 384. The molecule has 0 saturated heterocycles. The quantitative estimate of drug-likeness (QED) is 0.767. The van der Waals surface area contributed by atoms with Crippen molar-refractivity contribution in [2.45, 2.75) is 13.1 Å². The van der Waals surface area contributed by atoms with Crippen molar-refractivity contribution in [1.29, 1.82) is 0 Å². The van der Waals surface area contributed by atoms with E-state index < -0.39 is 12.8 Å². The van der Waals surface area contributed by atoms with Gasteiger partial charge in [-0.2, -0.15) is 13.2 Å². The Balaban J connectivity index is 2.33. The highest BCUT2D eigenvalue weighted by Gasteiger charge is 2.27. The molecule has 102 valence electrons. The van der Waals surface area contributed by atoms with Crippen LogP contribution >= 0.6 is 0 Å². The van der Waals surface area contributed by atoms with Gasteiger partial charge in [-0.1, -0.05) is 0 Å². The lowest BCUT2D eigenvalue weighted by Crippen LogP contribution is -2.20. The summed E-state index contributed by atoms with van der Waals surface area (Å²) in [6.07, 6.45) is -4.29. The van der Waals surface area contributed by atoms with Crippen molar-refractivity contribution in [2.24, 2.45) is 0 Å². The summed E-state index contributed by atoms with van der Waals surface area (Å²) in [5.41, 5.74) is 0. The molecular formula is C10H15F3N4O. The van der Waals surface area contributed by atoms with Crippen LogP contribution in [0.3, 0.4) is 0 Å². The molecule has 18 heavy (non-hydrogen) atoms. The van der Waals surface area contributed by atoms with Gasteiger partial charge in [0.1, 0.15) is 24.1 Å². The fraction of sp³-hybridized carbons (Fsp3) is 0.600. The first-order valence-electron chi connectivity index (χ1n) is 5.32. The molecule has 0 bridgehead atoms. The predicted molar refractivity (Wildman–Crippen MR) is 61.7 cm³/mol. The molecule has 0 fully saturated rings. The van der Waals surface area contributed by atoms with Crippen LogP contribution in [0, 0.1) is 6.92 Å². The third-order valence-electron chi connectivity index (χ3n) is 1.91. The van der Waals surface area contributed by atoms with E-state index in [9.17, 15) is 13.2 Å². The highest BCUT2D eigenvalue weighted by atomic mass is 19.4. The maximum Gasteiger partial charge on any atom is 0.411 e. The molecule has 1 heterocycles. The number of nitrogens with zero attached hydrogens (tertiary/aromatic N) is 2. The van der Waals surface area contributed by atoms with Crippen LogP contribution in [0.4, 0.5) is 24.8 Å². The maximum absolute atomic E-state index is 11.8. The molecule has 5 nitrogen and oxygen atoms in total. The summed E-state index contributed by atoms with van der Waals surface area (Å²) in [6, 6.07) is 1.66. The zero-order valence-corrected chi connectivity index (χ0v) is 10.1. The SMILES string of the molecule is CNc1cc(NCCOCC(F)(F)F)nc(C)n1. The molecular weight excluding hydrogens is 249 g/mol. The van der Waals surface area contributed by atoms with Crippen LogP contribution < -0.4 is 10.6 Å². The van der Waals surface area contributed by atoms with Crippen molar-refractivity contribution in [2.75, 3.05) is 37.4 Å². The Morgan fingerprint density at radius 3 is 2.56 bits per heavy atom. The van der Waals surface area contributed by atoms with Gasteiger partial charge in [0, 0.05) is 19.7 Å². The Kier molecular flexibility index (Phi) is 5.14. The molecule has 0 saturated carbocycles. The van der Waals surface area contributed by atoms with Gasteiger partial charge in [-0.05, 0) is 6.92 Å². The van der Waals surface area contributed by atoms with E-state index in [4.69, 9.17) is 0 Å². The normalized spacial score (nSPS) is 11.4. The number of aromatic nitrogens is 2. The van der Waals surface area contributed by atoms with E-state index in [0.29, 0.717) is 17.5 Å². The minimum absolute atomic E-state index is 0.0442. The first-order chi connectivity index (χ1) is 8.40. The lowest BCUT2D eigenvalue weighted by atomic mass is 10.5. The lowest BCUT2D eigenvalue weighted by molar-refractivity contribution is -0.172. The predicted octanol–water partition coefficient (Wildman–Crippen LogP) is 1.82. The summed E-state index contributed by atoms with van der Waals surface area (Å²) in [4.78, 5) is 8.17. The van der Waals surface area contributed by atoms with E-state index in [-0.39, 0.29) is 13.2 Å². The highest BCUT2D eigenvalue weighted by Crippen LogP contribution is 2.14. The van der Waals surface area contributed by atoms with Crippen LogP contribution in [-0.2, 0) is 4.74 Å². The van der Waals surface area contributed by atoms with Crippen LogP contribution in [0.25, 0.3) is 0 Å². The van der Waals surface area contributed by atoms with Crippen molar-refractivity contribution in [3.63, 3.8) is 0 Å². The molecule has 0 aliphatic heterocycles. The van der Waals surface area contributed by atoms with Gasteiger partial charge in [-0.15, -0.1) is 0 Å². The van der Waals surface area contributed by atoms with Crippen molar-refractivity contribution in [1.82, 2.24) is 9.97 Å². The van der Waals surface area contributed by atoms with E-state index >= 15 is 0 Å². The molecule has 0 aliphatic carbocycles. The second kappa shape index (κ2) is 6.39. The summed E-state index contributed by atoms with van der Waals surface area (Å²) in [5, 5.41) is 5.72. The van der Waals surface area contributed by atoms with E-state index in [1.54, 1.807) is 20.0 Å². The summed E-state index contributed by atoms with van der Waals surface area (Å²) in [7, 11) is 1.72. The fourth-order valence-electron chi connectivity index (χ4n) is 1.23. The molecule has 1 rings (SSSR count). The number of halogens is 3. The molecule has 0 radical (unpaired) electrons. The molecule has 0 unspecified atom stereocenters. The molecule has 0 spiro atoms. The lowest BCUT2D eigenvalue weighted by Gasteiger charge is -2.10. The van der Waals surface area contributed by atoms with Gasteiger partial charge in [0.15, 0.2) is 0 Å². The molecule has 0 aliphatic rings. The largest absolute Gasteiger partial charge is 0.411 e. The zero-order valence-electron chi connectivity index (χ0n) is 10.1. The number of nitrogens with one attached hydrogen (secondary N) is 2. The Labute approximate surface area is 103 Å². The minimum Gasteiger partial charge on any atom is -0.373 e. The number of aryl methyl sites for hydroxylation is 1. The summed E-state index contributed by atoms with van der Waals surface area (Å²) in [6.45, 7) is 0.693. The van der Waals surface area contributed by atoms with Gasteiger partial charge in [0.2, 0.25) is 0 Å². The number of ether oxygens (including phenoxy) is 1. The molecule has 1 aromatic rings. The van der Waals surface area contributed by atoms with Crippen molar-refractivity contribution >= 4 is 11.6 Å². The van der Waals surface area contributed by atoms with Crippen molar-refractivity contribution in [3.05, 3.63) is 11.9 Å². The second-order valence-corrected chi connectivity index (χ2v) is 3.53. The Morgan fingerprint density at radius 2 is 1.94 bits per heavy atom. The number of hydrogen-bond donors (Lipinski definition) is 2. The molecule has 0 aromatic carbocycles. The van der Waals surface area contributed by atoms with Gasteiger partial charge in [-0.25, -0.2) is 9.97 Å². The smallest absolute Gasteiger partial charge is 0.373 e. The third kappa shape index (κ3) is 5.67. The molecule has 8 heteroatoms. The topological polar surface area (TPSA) is 59.1 Å². The first-order valence-corrected chi connectivity index (χ1v) is 5.32. The number of anilines is 2. The van der Waals surface area contributed by atoms with Gasteiger partial charge in [-0.3, -0.25) is 0 Å². The molecule has 0 atom stereocenters. The second-order valence-electron chi connectivity index (χ2n) is 3.53.